The van der Waals surface area contributed by atoms with Gasteiger partial charge in [-0.25, -0.2) is 9.97 Å². The molecule has 0 aliphatic carbocycles. The summed E-state index contributed by atoms with van der Waals surface area (Å²) in [5.41, 5.74) is 1.73. The van der Waals surface area contributed by atoms with Crippen molar-refractivity contribution >= 4 is 44.4 Å². The van der Waals surface area contributed by atoms with E-state index in [0.29, 0.717) is 34.7 Å². The highest BCUT2D eigenvalue weighted by molar-refractivity contribution is 7.22. The van der Waals surface area contributed by atoms with Crippen molar-refractivity contribution in [2.24, 2.45) is 0 Å². The Morgan fingerprint density at radius 1 is 1.20 bits per heavy atom. The van der Waals surface area contributed by atoms with Crippen molar-refractivity contribution in [1.29, 1.82) is 0 Å². The van der Waals surface area contributed by atoms with E-state index in [9.17, 15) is 4.79 Å². The van der Waals surface area contributed by atoms with Crippen molar-refractivity contribution in [3.63, 3.8) is 0 Å². The summed E-state index contributed by atoms with van der Waals surface area (Å²) in [7, 11) is 0. The zero-order valence-electron chi connectivity index (χ0n) is 20.0. The minimum absolute atomic E-state index is 0.0519. The zero-order chi connectivity index (χ0) is 24.6. The Balaban J connectivity index is 1.36. The predicted octanol–water partition coefficient (Wildman–Crippen LogP) is 5.04. The quantitative estimate of drug-likeness (QED) is 0.384. The molecule has 35 heavy (non-hydrogen) atoms. The highest BCUT2D eigenvalue weighted by atomic mass is 32.1. The molecule has 4 aromatic heterocycles. The lowest BCUT2D eigenvalue weighted by Gasteiger charge is -2.22. The van der Waals surface area contributed by atoms with Gasteiger partial charge in [0.2, 0.25) is 5.91 Å². The van der Waals surface area contributed by atoms with Gasteiger partial charge in [0.25, 0.3) is 0 Å². The monoisotopic (exact) mass is 493 g/mol. The normalized spacial score (nSPS) is 15.9. The third-order valence-corrected chi connectivity index (χ3v) is 6.39. The van der Waals surface area contributed by atoms with Crippen LogP contribution >= 0.6 is 11.3 Å². The number of aromatic nitrogens is 5. The molecule has 1 amide bonds. The van der Waals surface area contributed by atoms with Gasteiger partial charge in [0.05, 0.1) is 23.5 Å². The number of fused-ring (bicyclic) bond motifs is 1. The maximum atomic E-state index is 11.3. The number of pyridine rings is 2. The van der Waals surface area contributed by atoms with Gasteiger partial charge in [0.15, 0.2) is 16.6 Å². The summed E-state index contributed by atoms with van der Waals surface area (Å²) in [6.07, 6.45) is 4.16. The van der Waals surface area contributed by atoms with Crippen LogP contribution in [0.2, 0.25) is 0 Å². The fraction of sp³-hybridized carbons (Fsp3) is 0.375. The van der Waals surface area contributed by atoms with Gasteiger partial charge in [-0.15, -0.1) is 0 Å². The van der Waals surface area contributed by atoms with Gasteiger partial charge in [0, 0.05) is 49.0 Å². The van der Waals surface area contributed by atoms with Crippen LogP contribution < -0.4 is 15.4 Å². The summed E-state index contributed by atoms with van der Waals surface area (Å²) >= 11 is 1.48. The van der Waals surface area contributed by atoms with Crippen LogP contribution in [-0.4, -0.2) is 43.9 Å². The molecule has 1 aliphatic rings. The number of ether oxygens (including phenoxy) is 2. The molecule has 1 atom stereocenters. The topological polar surface area (TPSA) is 116 Å². The van der Waals surface area contributed by atoms with Gasteiger partial charge >= 0.3 is 0 Å². The Bertz CT molecular complexity index is 1370. The molecular weight excluding hydrogens is 466 g/mol. The maximum Gasteiger partial charge on any atom is 0.222 e. The third kappa shape index (κ3) is 5.25. The van der Waals surface area contributed by atoms with E-state index in [0.717, 1.165) is 29.2 Å². The Labute approximate surface area is 206 Å². The van der Waals surface area contributed by atoms with Crippen molar-refractivity contribution in [1.82, 2.24) is 24.7 Å². The minimum Gasteiger partial charge on any atom is -0.455 e. The lowest BCUT2D eigenvalue weighted by molar-refractivity contribution is -0.114. The molecule has 182 valence electrons. The minimum atomic E-state index is -0.196. The second kappa shape index (κ2) is 9.23. The molecule has 1 aliphatic heterocycles. The number of nitrogens with one attached hydrogen (secondary N) is 2. The first kappa shape index (κ1) is 23.2. The summed E-state index contributed by atoms with van der Waals surface area (Å²) in [5, 5.41) is 11.5. The first-order valence-corrected chi connectivity index (χ1v) is 12.2. The summed E-state index contributed by atoms with van der Waals surface area (Å²) in [6.45, 7) is 9.43. The number of amides is 1. The molecule has 10 nitrogen and oxygen atoms in total. The Kier molecular flexibility index (Phi) is 6.12. The molecular formula is C24H27N7O3S. The standard InChI is InChI=1S/C24H27N7O3S/c1-14(32)27-20-10-16(5-7-25-20)34-17-9-18-22(26-12-17)29-23(35-18)28-21-11-19(24(2,3)4)31(30-21)15-6-8-33-13-15/h5,7,9-12,15H,6,8,13H2,1-4H3,(H,25,27,32)(H,26,28,29,30). The van der Waals surface area contributed by atoms with Gasteiger partial charge in [0.1, 0.15) is 17.3 Å². The van der Waals surface area contributed by atoms with Crippen LogP contribution in [0.4, 0.5) is 16.8 Å². The summed E-state index contributed by atoms with van der Waals surface area (Å²) in [5.74, 6) is 2.08. The van der Waals surface area contributed by atoms with Gasteiger partial charge in [-0.05, 0) is 12.5 Å². The summed E-state index contributed by atoms with van der Waals surface area (Å²) in [4.78, 5) is 24.4. The SMILES string of the molecule is CC(=O)Nc1cc(Oc2cnc3nc(Nc4cc(C(C)(C)C)n(C5CCOC5)n4)sc3c2)ccn1. The maximum absolute atomic E-state index is 11.3. The zero-order valence-corrected chi connectivity index (χ0v) is 20.8. The number of thiazole rings is 1. The number of anilines is 3. The van der Waals surface area contributed by atoms with E-state index in [4.69, 9.17) is 14.6 Å². The second-order valence-corrected chi connectivity index (χ2v) is 10.5. The van der Waals surface area contributed by atoms with Crippen molar-refractivity contribution in [3.05, 3.63) is 42.4 Å². The molecule has 0 aromatic carbocycles. The van der Waals surface area contributed by atoms with E-state index in [2.05, 4.69) is 57.1 Å². The van der Waals surface area contributed by atoms with E-state index < -0.39 is 0 Å². The number of hydrogen-bond acceptors (Lipinski definition) is 9. The van der Waals surface area contributed by atoms with Crippen molar-refractivity contribution < 1.29 is 14.3 Å². The number of rotatable bonds is 6. The fourth-order valence-corrected chi connectivity index (χ4v) is 4.75. The highest BCUT2D eigenvalue weighted by Crippen LogP contribution is 2.34. The molecule has 5 rings (SSSR count). The van der Waals surface area contributed by atoms with Crippen LogP contribution in [0.15, 0.2) is 36.7 Å². The Morgan fingerprint density at radius 2 is 2.06 bits per heavy atom. The van der Waals surface area contributed by atoms with Crippen molar-refractivity contribution in [2.45, 2.75) is 45.6 Å². The first-order chi connectivity index (χ1) is 16.7. The van der Waals surface area contributed by atoms with E-state index in [1.54, 1.807) is 24.5 Å². The van der Waals surface area contributed by atoms with Gasteiger partial charge in [-0.1, -0.05) is 32.1 Å². The van der Waals surface area contributed by atoms with Gasteiger partial charge < -0.3 is 20.1 Å². The Morgan fingerprint density at radius 3 is 2.80 bits per heavy atom. The van der Waals surface area contributed by atoms with Crippen LogP contribution in [0.5, 0.6) is 11.5 Å². The molecule has 1 saturated heterocycles. The van der Waals surface area contributed by atoms with E-state index in [-0.39, 0.29) is 17.4 Å². The molecule has 0 radical (unpaired) electrons. The predicted molar refractivity (Wildman–Crippen MR) is 135 cm³/mol. The molecule has 1 fully saturated rings. The molecule has 11 heteroatoms. The van der Waals surface area contributed by atoms with E-state index >= 15 is 0 Å². The highest BCUT2D eigenvalue weighted by Gasteiger charge is 2.28. The molecule has 0 bridgehead atoms. The number of hydrogen-bond donors (Lipinski definition) is 2. The molecule has 0 saturated carbocycles. The van der Waals surface area contributed by atoms with Crippen molar-refractivity contribution in [2.75, 3.05) is 23.8 Å². The average molecular weight is 494 g/mol. The summed E-state index contributed by atoms with van der Waals surface area (Å²) < 4.78 is 14.5. The molecule has 1 unspecified atom stereocenters. The van der Waals surface area contributed by atoms with E-state index in [1.165, 1.54) is 18.3 Å². The molecule has 2 N–H and O–H groups in total. The molecule has 5 heterocycles. The second-order valence-electron chi connectivity index (χ2n) is 9.42. The van der Waals surface area contributed by atoms with E-state index in [1.807, 2.05) is 6.07 Å². The summed E-state index contributed by atoms with van der Waals surface area (Å²) in [6, 6.07) is 7.59. The molecule has 4 aromatic rings. The lowest BCUT2D eigenvalue weighted by atomic mass is 9.91. The fourth-order valence-electron chi connectivity index (χ4n) is 3.89. The number of carbonyl (C=O) groups is 1. The largest absolute Gasteiger partial charge is 0.455 e. The lowest BCUT2D eigenvalue weighted by Crippen LogP contribution is -2.22. The number of carbonyl (C=O) groups excluding carboxylic acids is 1. The van der Waals surface area contributed by atoms with Crippen LogP contribution in [0.25, 0.3) is 10.3 Å². The van der Waals surface area contributed by atoms with Crippen LogP contribution in [-0.2, 0) is 14.9 Å². The smallest absolute Gasteiger partial charge is 0.222 e. The van der Waals surface area contributed by atoms with Gasteiger partial charge in [-0.2, -0.15) is 10.1 Å². The van der Waals surface area contributed by atoms with Crippen LogP contribution in [0.1, 0.15) is 45.9 Å². The van der Waals surface area contributed by atoms with Crippen molar-refractivity contribution in [3.8, 4) is 11.5 Å². The van der Waals surface area contributed by atoms with Gasteiger partial charge in [-0.3, -0.25) is 9.48 Å². The number of nitrogens with zero attached hydrogens (tertiary/aromatic N) is 5. The Hall–Kier alpha value is -3.57. The first-order valence-electron chi connectivity index (χ1n) is 11.4. The third-order valence-electron chi connectivity index (χ3n) is 5.48. The van der Waals surface area contributed by atoms with Crippen LogP contribution in [0, 0.1) is 0 Å². The molecule has 0 spiro atoms. The van der Waals surface area contributed by atoms with Crippen LogP contribution in [0.3, 0.4) is 0 Å². The average Bonchev–Trinajstić information content (AvgIpc) is 3.52.